The monoisotopic (exact) mass is 230 g/mol. The molecule has 0 aliphatic rings. The molecule has 0 fully saturated rings. The zero-order valence-electron chi connectivity index (χ0n) is 8.83. The number of carbonyl (C=O) groups is 1. The first kappa shape index (κ1) is 10.9. The van der Waals surface area contributed by atoms with Crippen LogP contribution in [0.5, 0.6) is 5.75 Å². The normalized spacial score (nSPS) is 10.6. The molecule has 86 valence electrons. The van der Waals surface area contributed by atoms with Crippen LogP contribution in [0, 0.1) is 0 Å². The van der Waals surface area contributed by atoms with Crippen LogP contribution in [0.1, 0.15) is 16.1 Å². The standard InChI is InChI=1S/C12H10N2O3/c15-10-5-3-9(4-6-10)12(16)14-13-8-11-2-1-7-17-11/h1-8,15H,(H,14,16)/b13-8-. The summed E-state index contributed by atoms with van der Waals surface area (Å²) >= 11 is 0. The summed E-state index contributed by atoms with van der Waals surface area (Å²) in [6.45, 7) is 0. The Morgan fingerprint density at radius 2 is 2.06 bits per heavy atom. The van der Waals surface area contributed by atoms with Crippen molar-refractivity contribution in [3.8, 4) is 5.75 Å². The minimum atomic E-state index is -0.354. The minimum absolute atomic E-state index is 0.112. The van der Waals surface area contributed by atoms with Gasteiger partial charge < -0.3 is 9.52 Å². The maximum absolute atomic E-state index is 11.5. The van der Waals surface area contributed by atoms with E-state index in [1.807, 2.05) is 0 Å². The number of furan rings is 1. The molecular weight excluding hydrogens is 220 g/mol. The topological polar surface area (TPSA) is 74.8 Å². The van der Waals surface area contributed by atoms with Gasteiger partial charge in [0, 0.05) is 5.56 Å². The lowest BCUT2D eigenvalue weighted by molar-refractivity contribution is 0.0955. The average molecular weight is 230 g/mol. The van der Waals surface area contributed by atoms with Crippen LogP contribution in [0.2, 0.25) is 0 Å². The molecule has 17 heavy (non-hydrogen) atoms. The van der Waals surface area contributed by atoms with Crippen molar-refractivity contribution in [1.29, 1.82) is 0 Å². The van der Waals surface area contributed by atoms with Crippen molar-refractivity contribution in [2.24, 2.45) is 5.10 Å². The highest BCUT2D eigenvalue weighted by Gasteiger charge is 2.03. The van der Waals surface area contributed by atoms with Crippen LogP contribution < -0.4 is 5.43 Å². The van der Waals surface area contributed by atoms with Gasteiger partial charge in [0.25, 0.3) is 5.91 Å². The summed E-state index contributed by atoms with van der Waals surface area (Å²) < 4.78 is 5.00. The van der Waals surface area contributed by atoms with Crippen LogP contribution in [-0.4, -0.2) is 17.2 Å². The fraction of sp³-hybridized carbons (Fsp3) is 0. The number of nitrogens with zero attached hydrogens (tertiary/aromatic N) is 1. The molecule has 0 radical (unpaired) electrons. The number of amides is 1. The van der Waals surface area contributed by atoms with Gasteiger partial charge in [0.2, 0.25) is 0 Å². The van der Waals surface area contributed by atoms with Gasteiger partial charge in [0.1, 0.15) is 11.5 Å². The molecule has 0 spiro atoms. The number of hydrazone groups is 1. The van der Waals surface area contributed by atoms with E-state index in [2.05, 4.69) is 10.5 Å². The first-order valence-corrected chi connectivity index (χ1v) is 4.91. The number of carbonyl (C=O) groups excluding carboxylic acids is 1. The molecule has 0 bridgehead atoms. The van der Waals surface area contributed by atoms with Crippen LogP contribution >= 0.6 is 0 Å². The second kappa shape index (κ2) is 4.98. The number of hydrogen-bond donors (Lipinski definition) is 2. The van der Waals surface area contributed by atoms with E-state index in [0.29, 0.717) is 11.3 Å². The van der Waals surface area contributed by atoms with Gasteiger partial charge in [0.15, 0.2) is 0 Å². The van der Waals surface area contributed by atoms with Crippen molar-refractivity contribution in [3.05, 3.63) is 54.0 Å². The molecule has 1 aromatic carbocycles. The van der Waals surface area contributed by atoms with E-state index in [4.69, 9.17) is 9.52 Å². The highest BCUT2D eigenvalue weighted by Crippen LogP contribution is 2.09. The number of phenols is 1. The van der Waals surface area contributed by atoms with Gasteiger partial charge in [-0.2, -0.15) is 5.10 Å². The lowest BCUT2D eigenvalue weighted by Gasteiger charge is -1.99. The molecule has 0 aliphatic carbocycles. The van der Waals surface area contributed by atoms with Crippen LogP contribution in [0.4, 0.5) is 0 Å². The Balaban J connectivity index is 1.96. The van der Waals surface area contributed by atoms with Gasteiger partial charge in [-0.25, -0.2) is 5.43 Å². The number of benzene rings is 1. The number of nitrogens with one attached hydrogen (secondary N) is 1. The third-order valence-corrected chi connectivity index (χ3v) is 2.03. The lowest BCUT2D eigenvalue weighted by Crippen LogP contribution is -2.17. The van der Waals surface area contributed by atoms with Crippen molar-refractivity contribution in [3.63, 3.8) is 0 Å². The maximum atomic E-state index is 11.5. The van der Waals surface area contributed by atoms with Gasteiger partial charge >= 0.3 is 0 Å². The smallest absolute Gasteiger partial charge is 0.271 e. The number of aromatic hydroxyl groups is 1. The van der Waals surface area contributed by atoms with E-state index in [1.165, 1.54) is 36.7 Å². The number of rotatable bonds is 3. The fourth-order valence-corrected chi connectivity index (χ4v) is 1.20. The zero-order valence-corrected chi connectivity index (χ0v) is 8.83. The van der Waals surface area contributed by atoms with Crippen LogP contribution in [0.25, 0.3) is 0 Å². The predicted molar refractivity (Wildman–Crippen MR) is 61.9 cm³/mol. The Hall–Kier alpha value is -2.56. The van der Waals surface area contributed by atoms with Crippen molar-refractivity contribution >= 4 is 12.1 Å². The van der Waals surface area contributed by atoms with Crippen molar-refractivity contribution < 1.29 is 14.3 Å². The summed E-state index contributed by atoms with van der Waals surface area (Å²) in [7, 11) is 0. The first-order chi connectivity index (χ1) is 8.25. The quantitative estimate of drug-likeness (QED) is 0.623. The van der Waals surface area contributed by atoms with Crippen LogP contribution in [0.3, 0.4) is 0 Å². The highest BCUT2D eigenvalue weighted by atomic mass is 16.3. The first-order valence-electron chi connectivity index (χ1n) is 4.91. The molecule has 2 aromatic rings. The van der Waals surface area contributed by atoms with Crippen molar-refractivity contribution in [2.45, 2.75) is 0 Å². The third-order valence-electron chi connectivity index (χ3n) is 2.03. The number of phenolic OH excluding ortho intramolecular Hbond substituents is 1. The van der Waals surface area contributed by atoms with Crippen molar-refractivity contribution in [2.75, 3.05) is 0 Å². The summed E-state index contributed by atoms with van der Waals surface area (Å²) in [5, 5.41) is 12.8. The average Bonchev–Trinajstić information content (AvgIpc) is 2.83. The molecule has 2 N–H and O–H groups in total. The second-order valence-electron chi connectivity index (χ2n) is 3.26. The van der Waals surface area contributed by atoms with Crippen molar-refractivity contribution in [1.82, 2.24) is 5.43 Å². The molecular formula is C12H10N2O3. The minimum Gasteiger partial charge on any atom is -0.508 e. The Morgan fingerprint density at radius 3 is 2.71 bits per heavy atom. The predicted octanol–water partition coefficient (Wildman–Crippen LogP) is 1.75. The molecule has 0 saturated heterocycles. The SMILES string of the molecule is O=C(N/N=C\c1ccco1)c1ccc(O)cc1. The molecule has 5 heteroatoms. The Kier molecular flexibility index (Phi) is 3.20. The molecule has 0 unspecified atom stereocenters. The summed E-state index contributed by atoms with van der Waals surface area (Å²) in [5.41, 5.74) is 2.76. The van der Waals surface area contributed by atoms with Gasteiger partial charge in [-0.3, -0.25) is 4.79 Å². The summed E-state index contributed by atoms with van der Waals surface area (Å²) in [6, 6.07) is 9.33. The van der Waals surface area contributed by atoms with Gasteiger partial charge in [-0.15, -0.1) is 0 Å². The van der Waals surface area contributed by atoms with E-state index >= 15 is 0 Å². The molecule has 5 nitrogen and oxygen atoms in total. The third kappa shape index (κ3) is 2.94. The fourth-order valence-electron chi connectivity index (χ4n) is 1.20. The molecule has 0 atom stereocenters. The molecule has 2 rings (SSSR count). The summed E-state index contributed by atoms with van der Waals surface area (Å²) in [4.78, 5) is 11.5. The molecule has 0 aliphatic heterocycles. The van der Waals surface area contributed by atoms with Gasteiger partial charge in [-0.05, 0) is 36.4 Å². The summed E-state index contributed by atoms with van der Waals surface area (Å²) in [5.74, 6) is 0.310. The van der Waals surface area contributed by atoms with Gasteiger partial charge in [0.05, 0.1) is 12.5 Å². The van der Waals surface area contributed by atoms with E-state index in [1.54, 1.807) is 12.1 Å². The lowest BCUT2D eigenvalue weighted by atomic mass is 10.2. The molecule has 0 saturated carbocycles. The number of hydrogen-bond acceptors (Lipinski definition) is 4. The molecule has 1 aromatic heterocycles. The van der Waals surface area contributed by atoms with Gasteiger partial charge in [-0.1, -0.05) is 0 Å². The van der Waals surface area contributed by atoms with E-state index in [-0.39, 0.29) is 11.7 Å². The van der Waals surface area contributed by atoms with E-state index in [9.17, 15) is 4.79 Å². The maximum Gasteiger partial charge on any atom is 0.271 e. The van der Waals surface area contributed by atoms with E-state index in [0.717, 1.165) is 0 Å². The Labute approximate surface area is 97.4 Å². The Morgan fingerprint density at radius 1 is 1.29 bits per heavy atom. The second-order valence-corrected chi connectivity index (χ2v) is 3.26. The molecule has 1 amide bonds. The Bertz CT molecular complexity index is 515. The highest BCUT2D eigenvalue weighted by molar-refractivity contribution is 5.94. The summed E-state index contributed by atoms with van der Waals surface area (Å²) in [6.07, 6.45) is 2.92. The van der Waals surface area contributed by atoms with E-state index < -0.39 is 0 Å². The molecule has 1 heterocycles. The largest absolute Gasteiger partial charge is 0.508 e. The van der Waals surface area contributed by atoms with Crippen LogP contribution in [0.15, 0.2) is 52.2 Å². The van der Waals surface area contributed by atoms with Crippen LogP contribution in [-0.2, 0) is 0 Å². The zero-order chi connectivity index (χ0) is 12.1.